The van der Waals surface area contributed by atoms with Crippen molar-refractivity contribution < 1.29 is 32.2 Å². The molecule has 0 radical (unpaired) electrons. The van der Waals surface area contributed by atoms with Crippen molar-refractivity contribution in [2.45, 2.75) is 66.0 Å². The van der Waals surface area contributed by atoms with Gasteiger partial charge in [0.05, 0.1) is 0 Å². The molecule has 38 heavy (non-hydrogen) atoms. The lowest BCUT2D eigenvalue weighted by Crippen LogP contribution is -2.36. The van der Waals surface area contributed by atoms with Gasteiger partial charge in [0.25, 0.3) is 0 Å². The molecule has 3 aromatic rings. The van der Waals surface area contributed by atoms with Crippen LogP contribution in [0.4, 0.5) is 23.9 Å². The summed E-state index contributed by atoms with van der Waals surface area (Å²) < 4.78 is 47.9. The molecular weight excluding hydrogens is 507 g/mol. The maximum atomic E-state index is 12.3. The second kappa shape index (κ2) is 12.4. The maximum Gasteiger partial charge on any atom is 0.471 e. The summed E-state index contributed by atoms with van der Waals surface area (Å²) in [4.78, 5) is 38.4. The Balaban J connectivity index is 0.00000507. The summed E-state index contributed by atoms with van der Waals surface area (Å²) in [7, 11) is 0. The van der Waals surface area contributed by atoms with Gasteiger partial charge >= 0.3 is 18.2 Å². The summed E-state index contributed by atoms with van der Waals surface area (Å²) in [5.74, 6) is -1.22. The number of nitrogens with one attached hydrogen (secondary N) is 3. The number of carbonyl (C=O) groups excluding carboxylic acids is 2. The minimum absolute atomic E-state index is 0. The molecule has 208 valence electrons. The fraction of sp³-hybridized carbons (Fsp3) is 0.458. The van der Waals surface area contributed by atoms with E-state index in [1.54, 1.807) is 45.0 Å². The fourth-order valence-corrected chi connectivity index (χ4v) is 3.11. The van der Waals surface area contributed by atoms with Gasteiger partial charge < -0.3 is 30.8 Å². The number of imidazole rings is 1. The number of nitrogens with zero attached hydrogens (tertiary/aromatic N) is 3. The fourth-order valence-electron chi connectivity index (χ4n) is 3.11. The number of benzene rings is 1. The lowest BCUT2D eigenvalue weighted by molar-refractivity contribution is -0.173. The SMILES string of the molecule is C.CC(C)(C)OC(=O)NCCCc1nc2nc(N)nc(OCc3ccc(CNC(=O)C(F)(F)F)cc3)c2[nH]1. The van der Waals surface area contributed by atoms with Crippen molar-refractivity contribution in [1.29, 1.82) is 0 Å². The summed E-state index contributed by atoms with van der Waals surface area (Å²) in [6, 6.07) is 6.48. The van der Waals surface area contributed by atoms with Crippen molar-refractivity contribution in [3.8, 4) is 5.88 Å². The van der Waals surface area contributed by atoms with Crippen LogP contribution in [0.3, 0.4) is 0 Å². The molecule has 0 saturated heterocycles. The number of ether oxygens (including phenoxy) is 2. The molecule has 0 fully saturated rings. The van der Waals surface area contributed by atoms with Crippen LogP contribution in [0.5, 0.6) is 5.88 Å². The zero-order chi connectivity index (χ0) is 27.2. The Bertz CT molecular complexity index is 1240. The van der Waals surface area contributed by atoms with E-state index in [2.05, 4.69) is 25.3 Å². The third-order valence-corrected chi connectivity index (χ3v) is 4.75. The number of halogens is 3. The van der Waals surface area contributed by atoms with Gasteiger partial charge in [-0.3, -0.25) is 4.79 Å². The lowest BCUT2D eigenvalue weighted by atomic mass is 10.1. The highest BCUT2D eigenvalue weighted by Crippen LogP contribution is 2.23. The van der Waals surface area contributed by atoms with Gasteiger partial charge in [0, 0.05) is 19.5 Å². The molecule has 3 rings (SSSR count). The predicted octanol–water partition coefficient (Wildman–Crippen LogP) is 3.79. The first-order valence-corrected chi connectivity index (χ1v) is 11.3. The van der Waals surface area contributed by atoms with Crippen LogP contribution in [-0.4, -0.2) is 50.3 Å². The van der Waals surface area contributed by atoms with Gasteiger partial charge in [-0.2, -0.15) is 23.1 Å². The van der Waals surface area contributed by atoms with Crippen molar-refractivity contribution in [2.75, 3.05) is 12.3 Å². The molecular formula is C24H32F3N7O4. The van der Waals surface area contributed by atoms with E-state index in [1.807, 2.05) is 5.32 Å². The quantitative estimate of drug-likeness (QED) is 0.299. The third-order valence-electron chi connectivity index (χ3n) is 4.75. The van der Waals surface area contributed by atoms with Gasteiger partial charge in [-0.1, -0.05) is 31.7 Å². The highest BCUT2D eigenvalue weighted by molar-refractivity contribution is 5.81. The van der Waals surface area contributed by atoms with E-state index in [9.17, 15) is 22.8 Å². The standard InChI is InChI=1S/C23H28F3N7O4.CH4/c1-22(2,3)37-21(35)28-10-4-5-15-30-16-17(31-15)32-20(27)33-18(16)36-12-14-8-6-13(7-9-14)11-29-19(34)23(24,25)26;/h6-9H,4-5,10-12H2,1-3H3,(H,28,35)(H,29,34)(H3,27,30,31,32,33);1H4. The first-order chi connectivity index (χ1) is 17.3. The predicted molar refractivity (Wildman–Crippen MR) is 134 cm³/mol. The zero-order valence-electron chi connectivity index (χ0n) is 20.5. The number of fused-ring (bicyclic) bond motifs is 1. The van der Waals surface area contributed by atoms with E-state index in [0.29, 0.717) is 47.5 Å². The summed E-state index contributed by atoms with van der Waals surface area (Å²) in [5.41, 5.74) is 7.20. The summed E-state index contributed by atoms with van der Waals surface area (Å²) in [6.07, 6.45) is -4.32. The summed E-state index contributed by atoms with van der Waals surface area (Å²) in [6.45, 7) is 5.57. The topological polar surface area (TPSA) is 157 Å². The van der Waals surface area contributed by atoms with Gasteiger partial charge in [-0.15, -0.1) is 0 Å². The minimum Gasteiger partial charge on any atom is -0.471 e. The number of anilines is 1. The van der Waals surface area contributed by atoms with Crippen molar-refractivity contribution in [2.24, 2.45) is 0 Å². The molecule has 0 atom stereocenters. The Kier molecular flexibility index (Phi) is 9.85. The van der Waals surface area contributed by atoms with Crippen molar-refractivity contribution in [1.82, 2.24) is 30.6 Å². The van der Waals surface area contributed by atoms with E-state index in [-0.39, 0.29) is 32.4 Å². The third kappa shape index (κ3) is 9.09. The lowest BCUT2D eigenvalue weighted by Gasteiger charge is -2.19. The second-order valence-electron chi connectivity index (χ2n) is 9.09. The number of carbonyl (C=O) groups is 2. The van der Waals surface area contributed by atoms with Crippen molar-refractivity contribution in [3.63, 3.8) is 0 Å². The number of aryl methyl sites for hydroxylation is 1. The average molecular weight is 540 g/mol. The number of hydrogen-bond donors (Lipinski definition) is 4. The highest BCUT2D eigenvalue weighted by Gasteiger charge is 2.38. The highest BCUT2D eigenvalue weighted by atomic mass is 19.4. The minimum atomic E-state index is -4.93. The molecule has 2 heterocycles. The molecule has 0 aliphatic heterocycles. The Hall–Kier alpha value is -4.10. The number of alkyl halides is 3. The first kappa shape index (κ1) is 30.1. The van der Waals surface area contributed by atoms with Gasteiger partial charge in [0.1, 0.15) is 23.5 Å². The second-order valence-corrected chi connectivity index (χ2v) is 9.09. The summed E-state index contributed by atoms with van der Waals surface area (Å²) >= 11 is 0. The van der Waals surface area contributed by atoms with E-state index in [4.69, 9.17) is 15.2 Å². The van der Waals surface area contributed by atoms with Crippen LogP contribution in [-0.2, 0) is 29.1 Å². The number of hydrogen-bond acceptors (Lipinski definition) is 8. The maximum absolute atomic E-state index is 12.3. The van der Waals surface area contributed by atoms with E-state index >= 15 is 0 Å². The molecule has 0 aliphatic rings. The number of rotatable bonds is 9. The Labute approximate surface area is 217 Å². The molecule has 14 heteroatoms. The first-order valence-electron chi connectivity index (χ1n) is 11.3. The molecule has 2 aromatic heterocycles. The summed E-state index contributed by atoms with van der Waals surface area (Å²) in [5, 5.41) is 4.49. The van der Waals surface area contributed by atoms with Crippen molar-refractivity contribution >= 4 is 29.1 Å². The largest absolute Gasteiger partial charge is 0.471 e. The van der Waals surface area contributed by atoms with E-state index in [0.717, 1.165) is 0 Å². The van der Waals surface area contributed by atoms with Crippen LogP contribution in [0, 0.1) is 0 Å². The van der Waals surface area contributed by atoms with Crippen LogP contribution >= 0.6 is 0 Å². The molecule has 0 aliphatic carbocycles. The molecule has 0 bridgehead atoms. The van der Waals surface area contributed by atoms with Crippen LogP contribution in [0.1, 0.15) is 51.6 Å². The van der Waals surface area contributed by atoms with Gasteiger partial charge in [-0.25, -0.2) is 9.78 Å². The molecule has 1 aromatic carbocycles. The van der Waals surface area contributed by atoms with Crippen LogP contribution in [0.2, 0.25) is 0 Å². The number of amides is 2. The normalized spacial score (nSPS) is 11.5. The molecule has 11 nitrogen and oxygen atoms in total. The number of aromatic amines is 1. The Morgan fingerprint density at radius 3 is 2.32 bits per heavy atom. The van der Waals surface area contributed by atoms with Gasteiger partial charge in [0.15, 0.2) is 5.65 Å². The number of nitrogens with two attached hydrogens (primary N) is 1. The average Bonchev–Trinajstić information content (AvgIpc) is 3.20. The smallest absolute Gasteiger partial charge is 0.471 e. The van der Waals surface area contributed by atoms with Gasteiger partial charge in [0.2, 0.25) is 11.8 Å². The number of alkyl carbamates (subject to hydrolysis) is 1. The van der Waals surface area contributed by atoms with Crippen LogP contribution < -0.4 is 21.1 Å². The Morgan fingerprint density at radius 2 is 1.68 bits per heavy atom. The van der Waals surface area contributed by atoms with E-state index < -0.39 is 23.8 Å². The van der Waals surface area contributed by atoms with E-state index in [1.165, 1.54) is 0 Å². The molecule has 0 saturated carbocycles. The zero-order valence-corrected chi connectivity index (χ0v) is 20.5. The number of aromatic nitrogens is 4. The van der Waals surface area contributed by atoms with Gasteiger partial charge in [-0.05, 0) is 38.3 Å². The Morgan fingerprint density at radius 1 is 1.03 bits per heavy atom. The number of nitrogen functional groups attached to an aromatic ring is 1. The monoisotopic (exact) mass is 539 g/mol. The van der Waals surface area contributed by atoms with Crippen molar-refractivity contribution in [3.05, 3.63) is 41.2 Å². The van der Waals surface area contributed by atoms with Crippen LogP contribution in [0.15, 0.2) is 24.3 Å². The molecule has 0 unspecified atom stereocenters. The number of H-pyrrole nitrogens is 1. The molecule has 2 amide bonds. The molecule has 0 spiro atoms. The van der Waals surface area contributed by atoms with Crippen LogP contribution in [0.25, 0.3) is 11.2 Å². The molecule has 5 N–H and O–H groups in total.